The molecule has 0 radical (unpaired) electrons. The molecule has 0 saturated heterocycles. The van der Waals surface area contributed by atoms with Crippen LogP contribution >= 0.6 is 0 Å². The Balaban J connectivity index is 1.49. The van der Waals surface area contributed by atoms with Crippen LogP contribution in [0.25, 0.3) is 10.8 Å². The molecule has 0 aromatic heterocycles. The largest absolute Gasteiger partial charge is 0.465 e. The van der Waals surface area contributed by atoms with Crippen molar-refractivity contribution in [2.24, 2.45) is 17.6 Å². The van der Waals surface area contributed by atoms with Gasteiger partial charge in [-0.15, -0.1) is 0 Å². The van der Waals surface area contributed by atoms with E-state index in [0.717, 1.165) is 18.6 Å². The van der Waals surface area contributed by atoms with E-state index in [4.69, 9.17) is 15.2 Å². The molecule has 3 aromatic rings. The summed E-state index contributed by atoms with van der Waals surface area (Å²) < 4.78 is 13.0. The highest BCUT2D eigenvalue weighted by Crippen LogP contribution is 2.40. The Bertz CT molecular complexity index is 1070. The van der Waals surface area contributed by atoms with E-state index in [0.29, 0.717) is 11.8 Å². The Morgan fingerprint density at radius 3 is 2.18 bits per heavy atom. The lowest BCUT2D eigenvalue weighted by Crippen LogP contribution is -2.35. The predicted molar refractivity (Wildman–Crippen MR) is 138 cm³/mol. The van der Waals surface area contributed by atoms with Gasteiger partial charge in [0.15, 0.2) is 0 Å². The minimum absolute atomic E-state index is 0.0230. The number of hydrogen-bond acceptors (Lipinski definition) is 3. The van der Waals surface area contributed by atoms with Crippen molar-refractivity contribution in [3.05, 3.63) is 77.4 Å². The van der Waals surface area contributed by atoms with Crippen LogP contribution < -0.4 is 10.5 Å². The van der Waals surface area contributed by atoms with Gasteiger partial charge in [-0.05, 0) is 71.7 Å². The third-order valence-electron chi connectivity index (χ3n) is 6.73. The second kappa shape index (κ2) is 9.48. The summed E-state index contributed by atoms with van der Waals surface area (Å²) in [6.45, 7) is 13.0. The molecule has 2 N–H and O–H groups in total. The average Bonchev–Trinajstić information content (AvgIpc) is 3.11. The summed E-state index contributed by atoms with van der Waals surface area (Å²) in [5.41, 5.74) is 10.1. The van der Waals surface area contributed by atoms with Gasteiger partial charge in [0.05, 0.1) is 6.10 Å². The van der Waals surface area contributed by atoms with Crippen molar-refractivity contribution in [2.45, 2.75) is 78.2 Å². The van der Waals surface area contributed by atoms with Gasteiger partial charge in [0, 0.05) is 17.9 Å². The van der Waals surface area contributed by atoms with Gasteiger partial charge in [0.2, 0.25) is 6.29 Å². The molecule has 33 heavy (non-hydrogen) atoms. The quantitative estimate of drug-likeness (QED) is 0.349. The summed E-state index contributed by atoms with van der Waals surface area (Å²) >= 11 is 0. The topological polar surface area (TPSA) is 44.5 Å². The number of ether oxygens (including phenoxy) is 2. The van der Waals surface area contributed by atoms with Crippen LogP contribution in [0.15, 0.2) is 60.7 Å². The molecule has 0 fully saturated rings. The molecule has 3 nitrogen and oxygen atoms in total. The lowest BCUT2D eigenvalue weighted by molar-refractivity contribution is -0.143. The molecule has 3 heteroatoms. The second-order valence-electron chi connectivity index (χ2n) is 11.0. The summed E-state index contributed by atoms with van der Waals surface area (Å²) in [7, 11) is 0. The van der Waals surface area contributed by atoms with Crippen LogP contribution in [0, 0.1) is 11.8 Å². The first-order chi connectivity index (χ1) is 15.6. The van der Waals surface area contributed by atoms with E-state index in [2.05, 4.69) is 102 Å². The highest BCUT2D eigenvalue weighted by atomic mass is 16.7. The first-order valence-corrected chi connectivity index (χ1v) is 12.3. The molecule has 0 amide bonds. The number of hydrogen-bond donors (Lipinski definition) is 1. The molecular weight excluding hydrogens is 406 g/mol. The molecule has 0 saturated carbocycles. The SMILES string of the molecule is CC(C)C(Oc1ccc(C(CC(C)(C)N)C(C)C)cc1)OC1Cc2cccc3cccc1c23. The molecule has 0 aliphatic heterocycles. The third kappa shape index (κ3) is 5.42. The summed E-state index contributed by atoms with van der Waals surface area (Å²) in [6, 6.07) is 21.6. The first kappa shape index (κ1) is 23.8. The van der Waals surface area contributed by atoms with E-state index >= 15 is 0 Å². The van der Waals surface area contributed by atoms with Gasteiger partial charge in [-0.2, -0.15) is 0 Å². The fourth-order valence-electron chi connectivity index (χ4n) is 5.04. The van der Waals surface area contributed by atoms with Crippen LogP contribution in [-0.2, 0) is 11.2 Å². The molecule has 3 aromatic carbocycles. The van der Waals surface area contributed by atoms with E-state index in [1.807, 2.05) is 0 Å². The van der Waals surface area contributed by atoms with Crippen molar-refractivity contribution >= 4 is 10.8 Å². The maximum Gasteiger partial charge on any atom is 0.202 e. The highest BCUT2D eigenvalue weighted by molar-refractivity contribution is 5.91. The minimum Gasteiger partial charge on any atom is -0.465 e. The fourth-order valence-corrected chi connectivity index (χ4v) is 5.04. The maximum atomic E-state index is 6.59. The fraction of sp³-hybridized carbons (Fsp3) is 0.467. The van der Waals surface area contributed by atoms with Crippen LogP contribution in [0.2, 0.25) is 0 Å². The summed E-state index contributed by atoms with van der Waals surface area (Å²) in [4.78, 5) is 0. The smallest absolute Gasteiger partial charge is 0.202 e. The van der Waals surface area contributed by atoms with E-state index in [1.54, 1.807) is 0 Å². The van der Waals surface area contributed by atoms with Crippen molar-refractivity contribution in [1.82, 2.24) is 0 Å². The summed E-state index contributed by atoms with van der Waals surface area (Å²) in [5, 5.41) is 2.63. The lowest BCUT2D eigenvalue weighted by atomic mass is 9.80. The Kier molecular flexibility index (Phi) is 6.83. The Morgan fingerprint density at radius 2 is 1.58 bits per heavy atom. The van der Waals surface area contributed by atoms with Crippen molar-refractivity contribution in [1.29, 1.82) is 0 Å². The molecule has 3 unspecified atom stereocenters. The van der Waals surface area contributed by atoms with Crippen LogP contribution in [0.1, 0.15) is 76.7 Å². The third-order valence-corrected chi connectivity index (χ3v) is 6.73. The van der Waals surface area contributed by atoms with Crippen LogP contribution in [0.3, 0.4) is 0 Å². The summed E-state index contributed by atoms with van der Waals surface area (Å²) in [5.74, 6) is 2.03. The Morgan fingerprint density at radius 1 is 0.909 bits per heavy atom. The molecule has 0 spiro atoms. The molecule has 1 aliphatic carbocycles. The zero-order valence-corrected chi connectivity index (χ0v) is 21.0. The molecule has 0 bridgehead atoms. The van der Waals surface area contributed by atoms with Crippen LogP contribution in [-0.4, -0.2) is 11.8 Å². The van der Waals surface area contributed by atoms with Crippen LogP contribution in [0.4, 0.5) is 0 Å². The average molecular weight is 446 g/mol. The number of rotatable bonds is 9. The molecule has 176 valence electrons. The monoisotopic (exact) mass is 445 g/mol. The Hall–Kier alpha value is -2.36. The zero-order valence-electron chi connectivity index (χ0n) is 21.0. The van der Waals surface area contributed by atoms with Gasteiger partial charge in [-0.1, -0.05) is 76.2 Å². The van der Waals surface area contributed by atoms with Gasteiger partial charge < -0.3 is 15.2 Å². The van der Waals surface area contributed by atoms with Crippen molar-refractivity contribution in [3.8, 4) is 5.75 Å². The zero-order chi connectivity index (χ0) is 23.8. The van der Waals surface area contributed by atoms with Crippen molar-refractivity contribution in [2.75, 3.05) is 0 Å². The molecular formula is C30H39NO2. The van der Waals surface area contributed by atoms with E-state index in [1.165, 1.54) is 27.5 Å². The Labute approximate surface area is 199 Å². The highest BCUT2D eigenvalue weighted by Gasteiger charge is 2.29. The van der Waals surface area contributed by atoms with E-state index < -0.39 is 0 Å². The predicted octanol–water partition coefficient (Wildman–Crippen LogP) is 7.38. The van der Waals surface area contributed by atoms with Crippen molar-refractivity contribution < 1.29 is 9.47 Å². The van der Waals surface area contributed by atoms with Gasteiger partial charge in [-0.25, -0.2) is 0 Å². The molecule has 0 heterocycles. The van der Waals surface area contributed by atoms with Crippen LogP contribution in [0.5, 0.6) is 5.75 Å². The maximum absolute atomic E-state index is 6.59. The van der Waals surface area contributed by atoms with E-state index in [-0.39, 0.29) is 23.9 Å². The first-order valence-electron chi connectivity index (χ1n) is 12.3. The van der Waals surface area contributed by atoms with Gasteiger partial charge >= 0.3 is 0 Å². The number of benzene rings is 3. The minimum atomic E-state index is -0.311. The molecule has 1 aliphatic rings. The van der Waals surface area contributed by atoms with E-state index in [9.17, 15) is 0 Å². The van der Waals surface area contributed by atoms with Gasteiger partial charge in [0.25, 0.3) is 0 Å². The standard InChI is InChI=1S/C30H39NO2/c1-19(2)26(18-30(5,6)31)21-13-15-24(16-14-21)32-29(20(3)4)33-27-17-23-11-7-9-22-10-8-12-25(27)28(22)23/h7-16,19-20,26-27,29H,17-18,31H2,1-6H3. The number of nitrogens with two attached hydrogens (primary N) is 1. The molecule has 3 atom stereocenters. The normalized spacial score (nSPS) is 17.7. The van der Waals surface area contributed by atoms with Crippen molar-refractivity contribution in [3.63, 3.8) is 0 Å². The van der Waals surface area contributed by atoms with Gasteiger partial charge in [-0.3, -0.25) is 0 Å². The van der Waals surface area contributed by atoms with Gasteiger partial charge in [0.1, 0.15) is 5.75 Å². The molecule has 4 rings (SSSR count). The summed E-state index contributed by atoms with van der Waals surface area (Å²) in [6.07, 6.45) is 1.56. The lowest BCUT2D eigenvalue weighted by Gasteiger charge is -2.30. The second-order valence-corrected chi connectivity index (χ2v) is 11.0.